The number of carbonyl (C=O) groups is 2. The fraction of sp³-hybridized carbons (Fsp3) is 0.389. The number of rotatable bonds is 8. The van der Waals surface area contributed by atoms with Crippen LogP contribution in [0.1, 0.15) is 18.9 Å². The maximum atomic E-state index is 12.3. The number of esters is 1. The lowest BCUT2D eigenvalue weighted by molar-refractivity contribution is -0.141. The molecule has 0 aliphatic heterocycles. The summed E-state index contributed by atoms with van der Waals surface area (Å²) in [6.45, 7) is 2.57. The van der Waals surface area contributed by atoms with Crippen LogP contribution in [0.5, 0.6) is 0 Å². The third-order valence-electron chi connectivity index (χ3n) is 3.80. The summed E-state index contributed by atoms with van der Waals surface area (Å²) in [7, 11) is 0. The Hall–Kier alpha value is -3.01. The van der Waals surface area contributed by atoms with Crippen LogP contribution in [-0.4, -0.2) is 48.1 Å². The first-order chi connectivity index (χ1) is 12.2. The quantitative estimate of drug-likeness (QED) is 0.719. The first-order valence-electron chi connectivity index (χ1n) is 8.26. The largest absolute Gasteiger partial charge is 0.465 e. The van der Waals surface area contributed by atoms with Crippen molar-refractivity contribution in [3.05, 3.63) is 36.0 Å². The molecular formula is C18H22N4O3. The maximum Gasteiger partial charge on any atom is 0.325 e. The van der Waals surface area contributed by atoms with Crippen LogP contribution in [0.2, 0.25) is 0 Å². The van der Waals surface area contributed by atoms with Crippen molar-refractivity contribution in [1.29, 1.82) is 5.26 Å². The van der Waals surface area contributed by atoms with Crippen molar-refractivity contribution in [1.82, 2.24) is 15.2 Å². The lowest BCUT2D eigenvalue weighted by Gasteiger charge is -2.21. The number of nitrogens with zero attached hydrogens (tertiary/aromatic N) is 2. The van der Waals surface area contributed by atoms with E-state index in [4.69, 9.17) is 10.00 Å². The molecule has 0 unspecified atom stereocenters. The predicted molar refractivity (Wildman–Crippen MR) is 93.8 cm³/mol. The van der Waals surface area contributed by atoms with Gasteiger partial charge in [0.1, 0.15) is 6.54 Å². The SMILES string of the molecule is CCOC(=O)CNC(=O)N(CCC#N)CCc1c[nH]c2ccccc12. The summed E-state index contributed by atoms with van der Waals surface area (Å²) in [6, 6.07) is 9.63. The van der Waals surface area contributed by atoms with Crippen molar-refractivity contribution in [2.45, 2.75) is 19.8 Å². The van der Waals surface area contributed by atoms with E-state index in [2.05, 4.69) is 10.3 Å². The number of amides is 2. The Balaban J connectivity index is 1.96. The zero-order valence-corrected chi connectivity index (χ0v) is 14.2. The Morgan fingerprint density at radius 3 is 2.88 bits per heavy atom. The number of aromatic nitrogens is 1. The van der Waals surface area contributed by atoms with E-state index >= 15 is 0 Å². The van der Waals surface area contributed by atoms with Gasteiger partial charge in [-0.25, -0.2) is 4.79 Å². The van der Waals surface area contributed by atoms with E-state index < -0.39 is 5.97 Å². The minimum Gasteiger partial charge on any atom is -0.465 e. The van der Waals surface area contributed by atoms with Crippen LogP contribution in [0.3, 0.4) is 0 Å². The second-order valence-corrected chi connectivity index (χ2v) is 5.47. The lowest BCUT2D eigenvalue weighted by Crippen LogP contribution is -2.43. The molecule has 1 heterocycles. The van der Waals surface area contributed by atoms with Crippen LogP contribution in [0.15, 0.2) is 30.5 Å². The normalized spacial score (nSPS) is 10.2. The van der Waals surface area contributed by atoms with Crippen molar-refractivity contribution in [2.75, 3.05) is 26.2 Å². The molecule has 0 aliphatic rings. The zero-order chi connectivity index (χ0) is 18.1. The third kappa shape index (κ3) is 5.24. The summed E-state index contributed by atoms with van der Waals surface area (Å²) in [5, 5.41) is 12.4. The summed E-state index contributed by atoms with van der Waals surface area (Å²) in [5.74, 6) is -0.479. The standard InChI is InChI=1S/C18H22N4O3/c1-2-25-17(23)13-21-18(24)22(10-5-9-19)11-8-14-12-20-16-7-4-3-6-15(14)16/h3-4,6-7,12,20H,2,5,8,10-11,13H2,1H3,(H,21,24). The van der Waals surface area contributed by atoms with Gasteiger partial charge in [-0.15, -0.1) is 0 Å². The first-order valence-corrected chi connectivity index (χ1v) is 8.26. The molecule has 7 nitrogen and oxygen atoms in total. The van der Waals surface area contributed by atoms with E-state index in [0.29, 0.717) is 19.5 Å². The highest BCUT2D eigenvalue weighted by molar-refractivity contribution is 5.83. The number of urea groups is 1. The van der Waals surface area contributed by atoms with Gasteiger partial charge in [0.05, 0.1) is 19.1 Å². The molecule has 25 heavy (non-hydrogen) atoms. The summed E-state index contributed by atoms with van der Waals surface area (Å²) in [4.78, 5) is 28.4. The molecule has 0 saturated carbocycles. The number of fused-ring (bicyclic) bond motifs is 1. The van der Waals surface area contributed by atoms with E-state index in [-0.39, 0.29) is 25.6 Å². The average Bonchev–Trinajstić information content (AvgIpc) is 3.03. The number of hydrogen-bond acceptors (Lipinski definition) is 4. The molecular weight excluding hydrogens is 320 g/mol. The first kappa shape index (κ1) is 18.3. The molecule has 0 fully saturated rings. The highest BCUT2D eigenvalue weighted by atomic mass is 16.5. The third-order valence-corrected chi connectivity index (χ3v) is 3.80. The molecule has 0 radical (unpaired) electrons. The summed E-state index contributed by atoms with van der Waals surface area (Å²) < 4.78 is 4.79. The average molecular weight is 342 g/mol. The van der Waals surface area contributed by atoms with Crippen LogP contribution >= 0.6 is 0 Å². The molecule has 2 rings (SSSR count). The van der Waals surface area contributed by atoms with Crippen LogP contribution in [0.4, 0.5) is 4.79 Å². The molecule has 2 N–H and O–H groups in total. The monoisotopic (exact) mass is 342 g/mol. The van der Waals surface area contributed by atoms with E-state index in [1.165, 1.54) is 0 Å². The topological polar surface area (TPSA) is 98.2 Å². The van der Waals surface area contributed by atoms with Crippen molar-refractivity contribution in [3.8, 4) is 6.07 Å². The Labute approximate surface area is 146 Å². The number of ether oxygens (including phenoxy) is 1. The van der Waals surface area contributed by atoms with Crippen molar-refractivity contribution >= 4 is 22.9 Å². The van der Waals surface area contributed by atoms with Gasteiger partial charge >= 0.3 is 12.0 Å². The number of benzene rings is 1. The molecule has 0 bridgehead atoms. The van der Waals surface area contributed by atoms with Crippen molar-refractivity contribution < 1.29 is 14.3 Å². The fourth-order valence-corrected chi connectivity index (χ4v) is 2.57. The maximum absolute atomic E-state index is 12.3. The smallest absolute Gasteiger partial charge is 0.325 e. The number of hydrogen-bond donors (Lipinski definition) is 2. The Morgan fingerprint density at radius 2 is 2.12 bits per heavy atom. The molecule has 0 spiro atoms. The van der Waals surface area contributed by atoms with E-state index in [1.54, 1.807) is 11.8 Å². The number of carbonyl (C=O) groups excluding carboxylic acids is 2. The molecule has 2 amide bonds. The minimum atomic E-state index is -0.479. The van der Waals surface area contributed by atoms with Gasteiger partial charge in [-0.05, 0) is 25.0 Å². The molecule has 132 valence electrons. The summed E-state index contributed by atoms with van der Waals surface area (Å²) >= 11 is 0. The molecule has 7 heteroatoms. The van der Waals surface area contributed by atoms with Gasteiger partial charge in [0.25, 0.3) is 0 Å². The second kappa shape index (κ2) is 9.33. The molecule has 1 aromatic carbocycles. The number of para-hydroxylation sites is 1. The lowest BCUT2D eigenvalue weighted by atomic mass is 10.1. The van der Waals surface area contributed by atoms with Crippen LogP contribution < -0.4 is 5.32 Å². The number of nitrogens with one attached hydrogen (secondary N) is 2. The fourth-order valence-electron chi connectivity index (χ4n) is 2.57. The van der Waals surface area contributed by atoms with Crippen molar-refractivity contribution in [3.63, 3.8) is 0 Å². The minimum absolute atomic E-state index is 0.178. The Kier molecular flexibility index (Phi) is 6.84. The number of nitriles is 1. The summed E-state index contributed by atoms with van der Waals surface area (Å²) in [5.41, 5.74) is 2.16. The van der Waals surface area contributed by atoms with Gasteiger partial charge < -0.3 is 19.9 Å². The van der Waals surface area contributed by atoms with E-state index in [1.807, 2.05) is 36.5 Å². The van der Waals surface area contributed by atoms with Gasteiger partial charge in [0, 0.05) is 30.2 Å². The molecule has 0 saturated heterocycles. The van der Waals surface area contributed by atoms with Crippen LogP contribution in [-0.2, 0) is 16.0 Å². The predicted octanol–water partition coefficient (Wildman–Crippen LogP) is 2.20. The Morgan fingerprint density at radius 1 is 1.32 bits per heavy atom. The summed E-state index contributed by atoms with van der Waals surface area (Å²) in [6.07, 6.45) is 2.83. The van der Waals surface area contributed by atoms with Crippen molar-refractivity contribution in [2.24, 2.45) is 0 Å². The van der Waals surface area contributed by atoms with Crippen LogP contribution in [0, 0.1) is 11.3 Å². The van der Waals surface area contributed by atoms with E-state index in [9.17, 15) is 9.59 Å². The van der Waals surface area contributed by atoms with Crippen LogP contribution in [0.25, 0.3) is 10.9 Å². The van der Waals surface area contributed by atoms with Gasteiger partial charge in [0.2, 0.25) is 0 Å². The molecule has 0 aliphatic carbocycles. The second-order valence-electron chi connectivity index (χ2n) is 5.47. The van der Waals surface area contributed by atoms with Gasteiger partial charge in [-0.2, -0.15) is 5.26 Å². The Bertz CT molecular complexity index is 763. The molecule has 1 aromatic heterocycles. The highest BCUT2D eigenvalue weighted by Crippen LogP contribution is 2.18. The number of H-pyrrole nitrogens is 1. The molecule has 0 atom stereocenters. The zero-order valence-electron chi connectivity index (χ0n) is 14.2. The van der Waals surface area contributed by atoms with E-state index in [0.717, 1.165) is 16.5 Å². The van der Waals surface area contributed by atoms with Gasteiger partial charge in [-0.1, -0.05) is 18.2 Å². The molecule has 2 aromatic rings. The van der Waals surface area contributed by atoms with Gasteiger partial charge in [-0.3, -0.25) is 4.79 Å². The van der Waals surface area contributed by atoms with Gasteiger partial charge in [0.15, 0.2) is 0 Å². The highest BCUT2D eigenvalue weighted by Gasteiger charge is 2.15. The number of aromatic amines is 1.